The van der Waals surface area contributed by atoms with Gasteiger partial charge < -0.3 is 10.1 Å². The third kappa shape index (κ3) is 5.93. The van der Waals surface area contributed by atoms with Crippen LogP contribution in [0, 0.1) is 0 Å². The summed E-state index contributed by atoms with van der Waals surface area (Å²) in [6, 6.07) is 14.2. The summed E-state index contributed by atoms with van der Waals surface area (Å²) in [6.45, 7) is -0.153. The van der Waals surface area contributed by atoms with Gasteiger partial charge in [-0.25, -0.2) is 0 Å². The lowest BCUT2D eigenvalue weighted by molar-refractivity contribution is -0.145. The van der Waals surface area contributed by atoms with E-state index in [0.29, 0.717) is 15.6 Å². The van der Waals surface area contributed by atoms with E-state index in [-0.39, 0.29) is 25.5 Å². The molecule has 0 aliphatic heterocycles. The van der Waals surface area contributed by atoms with Crippen molar-refractivity contribution in [3.05, 3.63) is 69.7 Å². The Morgan fingerprint density at radius 1 is 1.04 bits per heavy atom. The molecule has 0 aromatic heterocycles. The summed E-state index contributed by atoms with van der Waals surface area (Å²) in [7, 11) is 0. The molecule has 4 nitrogen and oxygen atoms in total. The van der Waals surface area contributed by atoms with E-state index < -0.39 is 5.97 Å². The number of carbonyl (C=O) groups is 2. The van der Waals surface area contributed by atoms with Crippen molar-refractivity contribution in [1.29, 1.82) is 0 Å². The maximum Gasteiger partial charge on any atom is 0.325 e. The molecule has 0 radical (unpaired) electrons. The van der Waals surface area contributed by atoms with E-state index in [0.717, 1.165) is 5.56 Å². The van der Waals surface area contributed by atoms with Crippen LogP contribution in [0.3, 0.4) is 0 Å². The topological polar surface area (TPSA) is 55.4 Å². The molecule has 2 aromatic rings. The summed E-state index contributed by atoms with van der Waals surface area (Å²) in [6.07, 6.45) is 0.219. The predicted molar refractivity (Wildman–Crippen MR) is 89.4 cm³/mol. The van der Waals surface area contributed by atoms with Gasteiger partial charge in [0.1, 0.15) is 13.2 Å². The van der Waals surface area contributed by atoms with Crippen LogP contribution < -0.4 is 5.32 Å². The van der Waals surface area contributed by atoms with E-state index in [1.807, 2.05) is 30.3 Å². The number of halogens is 2. The molecule has 1 amide bonds. The lowest BCUT2D eigenvalue weighted by atomic mass is 10.1. The van der Waals surface area contributed by atoms with E-state index >= 15 is 0 Å². The minimum Gasteiger partial charge on any atom is -0.459 e. The summed E-state index contributed by atoms with van der Waals surface area (Å²) in [4.78, 5) is 23.4. The van der Waals surface area contributed by atoms with Gasteiger partial charge in [-0.2, -0.15) is 0 Å². The number of hydrogen-bond acceptors (Lipinski definition) is 3. The second-order valence-electron chi connectivity index (χ2n) is 4.84. The lowest BCUT2D eigenvalue weighted by Gasteiger charge is -2.08. The summed E-state index contributed by atoms with van der Waals surface area (Å²) < 4.78 is 5.07. The number of benzene rings is 2. The van der Waals surface area contributed by atoms with Crippen LogP contribution in [-0.2, 0) is 27.4 Å². The van der Waals surface area contributed by atoms with Crippen molar-refractivity contribution in [2.75, 3.05) is 6.54 Å². The number of nitrogens with one attached hydrogen (secondary N) is 1. The smallest absolute Gasteiger partial charge is 0.325 e. The van der Waals surface area contributed by atoms with Crippen LogP contribution in [0.5, 0.6) is 0 Å². The van der Waals surface area contributed by atoms with Crippen LogP contribution >= 0.6 is 23.2 Å². The van der Waals surface area contributed by atoms with Crippen LogP contribution in [0.15, 0.2) is 48.5 Å². The molecule has 0 unspecified atom stereocenters. The van der Waals surface area contributed by atoms with Crippen LogP contribution in [0.2, 0.25) is 10.0 Å². The molecule has 1 N–H and O–H groups in total. The molecule has 0 atom stereocenters. The molecule has 120 valence electrons. The van der Waals surface area contributed by atoms with Gasteiger partial charge in [0.15, 0.2) is 0 Å². The molecule has 0 saturated carbocycles. The summed E-state index contributed by atoms with van der Waals surface area (Å²) in [5.74, 6) is -0.768. The fourth-order valence-corrected chi connectivity index (χ4v) is 2.33. The molecule has 6 heteroatoms. The summed E-state index contributed by atoms with van der Waals surface area (Å²) >= 11 is 11.8. The Kier molecular flexibility index (Phi) is 6.44. The van der Waals surface area contributed by atoms with Crippen molar-refractivity contribution in [3.63, 3.8) is 0 Å². The van der Waals surface area contributed by atoms with Gasteiger partial charge in [-0.3, -0.25) is 9.59 Å². The maximum absolute atomic E-state index is 11.7. The van der Waals surface area contributed by atoms with Gasteiger partial charge in [-0.1, -0.05) is 59.6 Å². The zero-order valence-corrected chi connectivity index (χ0v) is 13.7. The third-order valence-electron chi connectivity index (χ3n) is 3.04. The van der Waals surface area contributed by atoms with Crippen molar-refractivity contribution < 1.29 is 14.3 Å². The Labute approximate surface area is 144 Å². The van der Waals surface area contributed by atoms with Gasteiger partial charge in [-0.05, 0) is 17.7 Å². The molecule has 0 fully saturated rings. The van der Waals surface area contributed by atoms with E-state index in [1.54, 1.807) is 18.2 Å². The highest BCUT2D eigenvalue weighted by Gasteiger charge is 2.09. The fourth-order valence-electron chi connectivity index (χ4n) is 1.86. The zero-order valence-electron chi connectivity index (χ0n) is 12.2. The van der Waals surface area contributed by atoms with Crippen molar-refractivity contribution in [1.82, 2.24) is 5.32 Å². The normalized spacial score (nSPS) is 10.2. The molecule has 0 aliphatic rings. The minimum atomic E-state index is -0.530. The maximum atomic E-state index is 11.7. The molecule has 0 spiro atoms. The summed E-state index contributed by atoms with van der Waals surface area (Å²) in [5.41, 5.74) is 1.53. The average molecular weight is 352 g/mol. The molecule has 2 aromatic carbocycles. The van der Waals surface area contributed by atoms with Gasteiger partial charge in [0.05, 0.1) is 6.42 Å². The average Bonchev–Trinajstić information content (AvgIpc) is 2.53. The Bertz CT molecular complexity index is 689. The molecule has 0 aliphatic carbocycles. The second kappa shape index (κ2) is 8.56. The third-order valence-corrected chi connectivity index (χ3v) is 3.63. The van der Waals surface area contributed by atoms with Crippen molar-refractivity contribution in [3.8, 4) is 0 Å². The first-order chi connectivity index (χ1) is 11.0. The molecule has 23 heavy (non-hydrogen) atoms. The Morgan fingerprint density at radius 2 is 1.78 bits per heavy atom. The Hall–Kier alpha value is -2.04. The monoisotopic (exact) mass is 351 g/mol. The van der Waals surface area contributed by atoms with Crippen molar-refractivity contribution in [2.24, 2.45) is 0 Å². The van der Waals surface area contributed by atoms with Crippen LogP contribution in [0.1, 0.15) is 11.1 Å². The molecular formula is C17H15Cl2NO3. The van der Waals surface area contributed by atoms with Crippen molar-refractivity contribution in [2.45, 2.75) is 13.0 Å². The molecular weight excluding hydrogens is 337 g/mol. The highest BCUT2D eigenvalue weighted by atomic mass is 35.5. The number of esters is 1. The Morgan fingerprint density at radius 3 is 2.48 bits per heavy atom. The van der Waals surface area contributed by atoms with Crippen molar-refractivity contribution >= 4 is 35.1 Å². The van der Waals surface area contributed by atoms with E-state index in [2.05, 4.69) is 5.32 Å². The lowest BCUT2D eigenvalue weighted by Crippen LogP contribution is -2.31. The molecule has 0 saturated heterocycles. The van der Waals surface area contributed by atoms with Gasteiger partial charge in [0.2, 0.25) is 5.91 Å². The molecule has 2 rings (SSSR count). The van der Waals surface area contributed by atoms with Gasteiger partial charge in [0, 0.05) is 15.6 Å². The van der Waals surface area contributed by atoms with Gasteiger partial charge >= 0.3 is 5.97 Å². The first kappa shape index (κ1) is 17.3. The first-order valence-corrected chi connectivity index (χ1v) is 7.70. The second-order valence-corrected chi connectivity index (χ2v) is 5.68. The van der Waals surface area contributed by atoms with Gasteiger partial charge in [0.25, 0.3) is 0 Å². The highest BCUT2D eigenvalue weighted by molar-refractivity contribution is 6.35. The molecule has 0 heterocycles. The van der Waals surface area contributed by atoms with E-state index in [9.17, 15) is 9.59 Å². The number of ether oxygens (including phenoxy) is 1. The number of hydrogen-bond donors (Lipinski definition) is 1. The predicted octanol–water partition coefficient (Wildman–Crippen LogP) is 3.40. The van der Waals surface area contributed by atoms with Gasteiger partial charge in [-0.15, -0.1) is 0 Å². The first-order valence-electron chi connectivity index (χ1n) is 6.95. The zero-order chi connectivity index (χ0) is 16.7. The largest absolute Gasteiger partial charge is 0.459 e. The van der Waals surface area contributed by atoms with Crippen LogP contribution in [-0.4, -0.2) is 18.4 Å². The van der Waals surface area contributed by atoms with E-state index in [1.165, 1.54) is 0 Å². The van der Waals surface area contributed by atoms with E-state index in [4.69, 9.17) is 27.9 Å². The van der Waals surface area contributed by atoms with Crippen LogP contribution in [0.4, 0.5) is 0 Å². The number of rotatable bonds is 6. The quantitative estimate of drug-likeness (QED) is 0.811. The number of carbonyl (C=O) groups excluding carboxylic acids is 2. The SMILES string of the molecule is O=C(Cc1ccccc1)NCC(=O)OCc1ccc(Cl)cc1Cl. The fraction of sp³-hybridized carbons (Fsp3) is 0.176. The number of amides is 1. The summed E-state index contributed by atoms with van der Waals surface area (Å²) in [5, 5.41) is 3.46. The molecule has 0 bridgehead atoms. The van der Waals surface area contributed by atoms with Crippen LogP contribution in [0.25, 0.3) is 0 Å². The Balaban J connectivity index is 1.73. The highest BCUT2D eigenvalue weighted by Crippen LogP contribution is 2.21. The minimum absolute atomic E-state index is 0.0311. The standard InChI is InChI=1S/C17H15Cl2NO3/c18-14-7-6-13(15(19)9-14)11-23-17(22)10-20-16(21)8-12-4-2-1-3-5-12/h1-7,9H,8,10-11H2,(H,20,21).